The fraction of sp³-hybridized carbons (Fsp3) is 0.333. The van der Waals surface area contributed by atoms with Crippen LogP contribution in [0.2, 0.25) is 0 Å². The van der Waals surface area contributed by atoms with Gasteiger partial charge in [0.15, 0.2) is 0 Å². The summed E-state index contributed by atoms with van der Waals surface area (Å²) in [6.45, 7) is 5.45. The highest BCUT2D eigenvalue weighted by atomic mass is 15.1. The van der Waals surface area contributed by atoms with Crippen LogP contribution in [0.4, 0.5) is 11.4 Å². The van der Waals surface area contributed by atoms with E-state index in [1.165, 1.54) is 11.1 Å². The van der Waals surface area contributed by atoms with Gasteiger partial charge in [0.05, 0.1) is 0 Å². The predicted molar refractivity (Wildman–Crippen MR) is 91.2 cm³/mol. The minimum Gasteiger partial charge on any atom is -0.399 e. The van der Waals surface area contributed by atoms with Crippen LogP contribution in [0.5, 0.6) is 0 Å². The highest BCUT2D eigenvalue weighted by molar-refractivity contribution is 5.40. The van der Waals surface area contributed by atoms with E-state index in [-0.39, 0.29) is 0 Å². The standard InChI is InChI=1S/C18H25N3/c1-2-21(13-11-15-3-7-17(19)8-4-15)14-12-16-5-9-18(20)10-6-16/h3-10H,2,11-14,19-20H2,1H3. The molecular weight excluding hydrogens is 258 g/mol. The molecule has 0 aliphatic rings. The summed E-state index contributed by atoms with van der Waals surface area (Å²) in [5.41, 5.74) is 15.8. The topological polar surface area (TPSA) is 55.3 Å². The summed E-state index contributed by atoms with van der Waals surface area (Å²) in [6, 6.07) is 16.3. The molecule has 0 aromatic heterocycles. The molecule has 0 radical (unpaired) electrons. The van der Waals surface area contributed by atoms with Crippen molar-refractivity contribution in [3.63, 3.8) is 0 Å². The molecular formula is C18H25N3. The second-order valence-corrected chi connectivity index (χ2v) is 5.42. The van der Waals surface area contributed by atoms with Gasteiger partial charge in [0.25, 0.3) is 0 Å². The van der Waals surface area contributed by atoms with Crippen LogP contribution in [-0.4, -0.2) is 24.5 Å². The van der Waals surface area contributed by atoms with Crippen molar-refractivity contribution in [1.82, 2.24) is 4.90 Å². The van der Waals surface area contributed by atoms with Crippen molar-refractivity contribution < 1.29 is 0 Å². The molecule has 0 fully saturated rings. The van der Waals surface area contributed by atoms with Crippen molar-refractivity contribution in [2.45, 2.75) is 19.8 Å². The largest absolute Gasteiger partial charge is 0.399 e. The van der Waals surface area contributed by atoms with E-state index in [0.29, 0.717) is 0 Å². The van der Waals surface area contributed by atoms with Gasteiger partial charge in [0.1, 0.15) is 0 Å². The Morgan fingerprint density at radius 1 is 0.714 bits per heavy atom. The number of nitrogens with zero attached hydrogens (tertiary/aromatic N) is 1. The molecule has 21 heavy (non-hydrogen) atoms. The minimum atomic E-state index is 0.828. The van der Waals surface area contributed by atoms with Crippen molar-refractivity contribution in [2.24, 2.45) is 0 Å². The van der Waals surface area contributed by atoms with Crippen LogP contribution in [0.1, 0.15) is 18.1 Å². The number of nitrogen functional groups attached to an aromatic ring is 2. The number of likely N-dealkylation sites (N-methyl/N-ethyl adjacent to an activating group) is 1. The van der Waals surface area contributed by atoms with Crippen molar-refractivity contribution in [3.05, 3.63) is 59.7 Å². The number of hydrogen-bond acceptors (Lipinski definition) is 3. The third-order valence-corrected chi connectivity index (χ3v) is 3.84. The van der Waals surface area contributed by atoms with Crippen molar-refractivity contribution in [1.29, 1.82) is 0 Å². The van der Waals surface area contributed by atoms with E-state index >= 15 is 0 Å². The summed E-state index contributed by atoms with van der Waals surface area (Å²) in [5.74, 6) is 0. The molecule has 0 amide bonds. The van der Waals surface area contributed by atoms with Gasteiger partial charge in [-0.2, -0.15) is 0 Å². The summed E-state index contributed by atoms with van der Waals surface area (Å²) >= 11 is 0. The highest BCUT2D eigenvalue weighted by Gasteiger charge is 2.04. The molecule has 2 rings (SSSR count). The van der Waals surface area contributed by atoms with Gasteiger partial charge in [-0.15, -0.1) is 0 Å². The van der Waals surface area contributed by atoms with Gasteiger partial charge < -0.3 is 16.4 Å². The Morgan fingerprint density at radius 3 is 1.43 bits per heavy atom. The lowest BCUT2D eigenvalue weighted by Crippen LogP contribution is -2.28. The maximum absolute atomic E-state index is 5.71. The van der Waals surface area contributed by atoms with Gasteiger partial charge in [0.2, 0.25) is 0 Å². The Labute approximate surface area is 127 Å². The van der Waals surface area contributed by atoms with Gasteiger partial charge in [-0.3, -0.25) is 0 Å². The lowest BCUT2D eigenvalue weighted by Gasteiger charge is -2.20. The number of benzene rings is 2. The first-order chi connectivity index (χ1) is 10.2. The van der Waals surface area contributed by atoms with E-state index in [1.807, 2.05) is 24.3 Å². The quantitative estimate of drug-likeness (QED) is 0.768. The van der Waals surface area contributed by atoms with Crippen LogP contribution in [0.25, 0.3) is 0 Å². The third-order valence-electron chi connectivity index (χ3n) is 3.84. The number of rotatable bonds is 7. The summed E-state index contributed by atoms with van der Waals surface area (Å²) in [7, 11) is 0. The second kappa shape index (κ2) is 7.70. The van der Waals surface area contributed by atoms with Crippen LogP contribution in [0.3, 0.4) is 0 Å². The van der Waals surface area contributed by atoms with Crippen LogP contribution >= 0.6 is 0 Å². The van der Waals surface area contributed by atoms with Crippen molar-refractivity contribution in [2.75, 3.05) is 31.1 Å². The van der Waals surface area contributed by atoms with E-state index < -0.39 is 0 Å². The molecule has 0 saturated carbocycles. The van der Waals surface area contributed by atoms with E-state index in [1.54, 1.807) is 0 Å². The van der Waals surface area contributed by atoms with Crippen LogP contribution in [-0.2, 0) is 12.8 Å². The zero-order chi connectivity index (χ0) is 15.1. The predicted octanol–water partition coefficient (Wildman–Crippen LogP) is 2.96. The molecule has 2 aromatic rings. The summed E-state index contributed by atoms with van der Waals surface area (Å²) in [5, 5.41) is 0. The summed E-state index contributed by atoms with van der Waals surface area (Å²) in [4.78, 5) is 2.48. The molecule has 4 N–H and O–H groups in total. The third kappa shape index (κ3) is 5.12. The average molecular weight is 283 g/mol. The Bertz CT molecular complexity index is 482. The van der Waals surface area contributed by atoms with Crippen LogP contribution in [0, 0.1) is 0 Å². The van der Waals surface area contributed by atoms with Crippen molar-refractivity contribution in [3.8, 4) is 0 Å². The summed E-state index contributed by atoms with van der Waals surface area (Å²) < 4.78 is 0. The molecule has 0 heterocycles. The highest BCUT2D eigenvalue weighted by Crippen LogP contribution is 2.09. The smallest absolute Gasteiger partial charge is 0.0314 e. The Hall–Kier alpha value is -2.00. The molecule has 2 aromatic carbocycles. The zero-order valence-electron chi connectivity index (χ0n) is 12.8. The number of hydrogen-bond donors (Lipinski definition) is 2. The minimum absolute atomic E-state index is 0.828. The van der Waals surface area contributed by atoms with Crippen molar-refractivity contribution >= 4 is 11.4 Å². The van der Waals surface area contributed by atoms with Crippen LogP contribution in [0.15, 0.2) is 48.5 Å². The fourth-order valence-electron chi connectivity index (χ4n) is 2.37. The lowest BCUT2D eigenvalue weighted by molar-refractivity contribution is 0.295. The van der Waals surface area contributed by atoms with Gasteiger partial charge >= 0.3 is 0 Å². The SMILES string of the molecule is CCN(CCc1ccc(N)cc1)CCc1ccc(N)cc1. The maximum Gasteiger partial charge on any atom is 0.0314 e. The molecule has 0 saturated heterocycles. The molecule has 0 aliphatic heterocycles. The van der Waals surface area contributed by atoms with E-state index in [4.69, 9.17) is 11.5 Å². The molecule has 112 valence electrons. The van der Waals surface area contributed by atoms with Crippen LogP contribution < -0.4 is 11.5 Å². The Morgan fingerprint density at radius 2 is 1.10 bits per heavy atom. The monoisotopic (exact) mass is 283 g/mol. The molecule has 0 aliphatic carbocycles. The maximum atomic E-state index is 5.71. The van der Waals surface area contributed by atoms with E-state index in [9.17, 15) is 0 Å². The molecule has 3 nitrogen and oxygen atoms in total. The molecule has 0 spiro atoms. The first kappa shape index (κ1) is 15.4. The number of nitrogens with two attached hydrogens (primary N) is 2. The first-order valence-corrected chi connectivity index (χ1v) is 7.58. The molecule has 3 heteroatoms. The molecule has 0 bridgehead atoms. The van der Waals surface area contributed by atoms with Gasteiger partial charge in [-0.05, 0) is 54.8 Å². The molecule has 0 unspecified atom stereocenters. The number of anilines is 2. The first-order valence-electron chi connectivity index (χ1n) is 7.58. The Balaban J connectivity index is 1.80. The van der Waals surface area contributed by atoms with Gasteiger partial charge in [-0.1, -0.05) is 31.2 Å². The van der Waals surface area contributed by atoms with E-state index in [0.717, 1.165) is 43.9 Å². The fourth-order valence-corrected chi connectivity index (χ4v) is 2.37. The van der Waals surface area contributed by atoms with E-state index in [2.05, 4.69) is 36.1 Å². The second-order valence-electron chi connectivity index (χ2n) is 5.42. The normalized spacial score (nSPS) is 11.0. The zero-order valence-corrected chi connectivity index (χ0v) is 12.8. The van der Waals surface area contributed by atoms with Gasteiger partial charge in [-0.25, -0.2) is 0 Å². The molecule has 0 atom stereocenters. The lowest BCUT2D eigenvalue weighted by atomic mass is 10.1. The van der Waals surface area contributed by atoms with Gasteiger partial charge in [0, 0.05) is 24.5 Å². The Kier molecular flexibility index (Phi) is 5.64. The summed E-state index contributed by atoms with van der Waals surface area (Å²) in [6.07, 6.45) is 2.13. The average Bonchev–Trinajstić information content (AvgIpc) is 2.51.